The van der Waals surface area contributed by atoms with E-state index in [1.165, 1.54) is 4.90 Å². The van der Waals surface area contributed by atoms with Gasteiger partial charge >= 0.3 is 0 Å². The van der Waals surface area contributed by atoms with E-state index < -0.39 is 11.1 Å². The van der Waals surface area contributed by atoms with E-state index in [1.54, 1.807) is 46.9 Å². The van der Waals surface area contributed by atoms with Crippen molar-refractivity contribution in [3.8, 4) is 11.8 Å². The maximum atomic E-state index is 12.4. The highest BCUT2D eigenvalue weighted by molar-refractivity contribution is 15.0. The van der Waals surface area contributed by atoms with Gasteiger partial charge in [0.15, 0.2) is 5.60 Å². The van der Waals surface area contributed by atoms with E-state index in [0.29, 0.717) is 5.75 Å². The molecule has 0 spiro atoms. The number of carbonyl (C=O) groups excluding carboxylic acids is 1. The molecule has 0 saturated carbocycles. The summed E-state index contributed by atoms with van der Waals surface area (Å²) in [6.45, 7) is 10.8. The van der Waals surface area contributed by atoms with Gasteiger partial charge < -0.3 is 9.64 Å². The molecule has 0 aliphatic heterocycles. The van der Waals surface area contributed by atoms with Crippen LogP contribution in [-0.2, 0) is 4.79 Å². The number of ether oxygens (including phenoxy) is 1. The number of para-hydroxylation sites is 1. The fourth-order valence-electron chi connectivity index (χ4n) is 1.56. The topological polar surface area (TPSA) is 53.3 Å². The molecule has 0 unspecified atom stereocenters. The zero-order valence-electron chi connectivity index (χ0n) is 14.9. The average Bonchev–Trinajstić information content (AvgIpc) is 2.57. The Balaban J connectivity index is 0. The van der Waals surface area contributed by atoms with E-state index in [9.17, 15) is 4.79 Å². The quantitative estimate of drug-likeness (QED) is 0.478. The molecule has 0 bridgehead atoms. The first-order valence-electron chi connectivity index (χ1n) is 7.28. The minimum atomic E-state index is -1.02. The number of likely N-dealkylation sites (N-methyl/N-ethyl adjacent to an activating group) is 1. The predicted molar refractivity (Wildman–Crippen MR) is 113 cm³/mol. The number of amides is 1. The van der Waals surface area contributed by atoms with E-state index in [2.05, 4.69) is 43.3 Å². The van der Waals surface area contributed by atoms with Crippen LogP contribution in [0.15, 0.2) is 30.3 Å². The molecular weight excluding hydrogens is 518 g/mol. The molecule has 0 heterocycles. The fraction of sp³-hybridized carbons (Fsp3) is 0.529. The van der Waals surface area contributed by atoms with Crippen molar-refractivity contribution in [3.63, 3.8) is 0 Å². The van der Waals surface area contributed by atoms with E-state index >= 15 is 0 Å². The van der Waals surface area contributed by atoms with E-state index in [1.807, 2.05) is 32.0 Å². The highest BCUT2D eigenvalue weighted by Crippen LogP contribution is 2.22. The van der Waals surface area contributed by atoms with Crippen LogP contribution < -0.4 is 4.74 Å². The monoisotopic (exact) mass is 544 g/mol. The van der Waals surface area contributed by atoms with Crippen LogP contribution in [0.25, 0.3) is 0 Å². The smallest absolute Gasteiger partial charge is 0.267 e. The SMILES string of the molecule is CC.CN(C(=O)C(C)(C)Oc1ccccc1)C(C)(C)C#N.II. The van der Waals surface area contributed by atoms with Crippen LogP contribution in [0.3, 0.4) is 0 Å². The van der Waals surface area contributed by atoms with Crippen LogP contribution in [0, 0.1) is 11.3 Å². The molecule has 1 aromatic rings. The second-order valence-electron chi connectivity index (χ2n) is 5.46. The molecule has 0 aliphatic carbocycles. The van der Waals surface area contributed by atoms with Gasteiger partial charge in [-0.2, -0.15) is 5.26 Å². The van der Waals surface area contributed by atoms with Gasteiger partial charge in [-0.15, -0.1) is 0 Å². The molecule has 0 aromatic heterocycles. The molecule has 4 nitrogen and oxygen atoms in total. The Morgan fingerprint density at radius 3 is 1.96 bits per heavy atom. The van der Waals surface area contributed by atoms with Crippen molar-refractivity contribution >= 4 is 43.1 Å². The van der Waals surface area contributed by atoms with Gasteiger partial charge in [-0.25, -0.2) is 0 Å². The van der Waals surface area contributed by atoms with Gasteiger partial charge in [0.05, 0.1) is 6.07 Å². The zero-order chi connectivity index (χ0) is 18.7. The summed E-state index contributed by atoms with van der Waals surface area (Å²) in [5.41, 5.74) is -1.89. The number of hydrogen-bond donors (Lipinski definition) is 0. The zero-order valence-corrected chi connectivity index (χ0v) is 19.2. The summed E-state index contributed by atoms with van der Waals surface area (Å²) in [5, 5.41) is 9.08. The maximum absolute atomic E-state index is 12.4. The summed E-state index contributed by atoms with van der Waals surface area (Å²) in [4.78, 5) is 13.8. The molecule has 6 heteroatoms. The first kappa shape index (κ1) is 24.7. The van der Waals surface area contributed by atoms with Crippen molar-refractivity contribution in [2.75, 3.05) is 7.05 Å². The fourth-order valence-corrected chi connectivity index (χ4v) is 1.56. The van der Waals surface area contributed by atoms with Crippen LogP contribution in [-0.4, -0.2) is 29.0 Å². The van der Waals surface area contributed by atoms with E-state index in [4.69, 9.17) is 10.00 Å². The van der Waals surface area contributed by atoms with Crippen molar-refractivity contribution in [2.45, 2.75) is 52.7 Å². The number of carbonyl (C=O) groups is 1. The Kier molecular flexibility index (Phi) is 12.8. The number of rotatable bonds is 4. The standard InChI is InChI=1S/C15H20N2O2.C2H6.I2/c1-14(2,11-16)17(5)13(18)15(3,4)19-12-9-7-6-8-10-12;2*1-2/h6-10H,1-5H3;1-2H3;. The van der Waals surface area contributed by atoms with Crippen molar-refractivity contribution < 1.29 is 9.53 Å². The van der Waals surface area contributed by atoms with E-state index in [-0.39, 0.29) is 5.91 Å². The van der Waals surface area contributed by atoms with Crippen LogP contribution in [0.2, 0.25) is 0 Å². The van der Waals surface area contributed by atoms with Gasteiger partial charge in [0, 0.05) is 44.3 Å². The summed E-state index contributed by atoms with van der Waals surface area (Å²) in [6.07, 6.45) is 0. The van der Waals surface area contributed by atoms with Crippen molar-refractivity contribution in [1.82, 2.24) is 4.90 Å². The third kappa shape index (κ3) is 8.20. The highest BCUT2D eigenvalue weighted by Gasteiger charge is 2.38. The summed E-state index contributed by atoms with van der Waals surface area (Å²) < 4.78 is 5.72. The number of nitriles is 1. The number of hydrogen-bond acceptors (Lipinski definition) is 3. The van der Waals surface area contributed by atoms with Gasteiger partial charge in [-0.05, 0) is 39.8 Å². The van der Waals surface area contributed by atoms with E-state index in [0.717, 1.165) is 0 Å². The molecule has 130 valence electrons. The van der Waals surface area contributed by atoms with Gasteiger partial charge in [0.2, 0.25) is 0 Å². The third-order valence-corrected chi connectivity index (χ3v) is 3.05. The maximum Gasteiger partial charge on any atom is 0.267 e. The molecular formula is C17H26I2N2O2. The summed E-state index contributed by atoms with van der Waals surface area (Å²) in [5.74, 6) is 0.395. The molecule has 1 rings (SSSR count). The lowest BCUT2D eigenvalue weighted by Crippen LogP contribution is -2.54. The molecule has 0 aliphatic rings. The largest absolute Gasteiger partial charge is 0.478 e. The van der Waals surface area contributed by atoms with Crippen LogP contribution in [0.4, 0.5) is 0 Å². The lowest BCUT2D eigenvalue weighted by Gasteiger charge is -2.36. The lowest BCUT2D eigenvalue weighted by atomic mass is 10.0. The minimum absolute atomic E-state index is 0.233. The Morgan fingerprint density at radius 1 is 1.13 bits per heavy atom. The van der Waals surface area contributed by atoms with Crippen LogP contribution in [0.5, 0.6) is 5.75 Å². The second-order valence-corrected chi connectivity index (χ2v) is 5.46. The summed E-state index contributed by atoms with van der Waals surface area (Å²) in [7, 11) is 1.61. The van der Waals surface area contributed by atoms with Crippen molar-refractivity contribution in [2.24, 2.45) is 0 Å². The Morgan fingerprint density at radius 2 is 1.57 bits per heavy atom. The second kappa shape index (κ2) is 11.9. The summed E-state index contributed by atoms with van der Waals surface area (Å²) in [6, 6.07) is 11.3. The first-order valence-corrected chi connectivity index (χ1v) is 13.6. The Bertz CT molecular complexity index is 497. The molecule has 0 fully saturated rings. The van der Waals surface area contributed by atoms with Crippen molar-refractivity contribution in [3.05, 3.63) is 30.3 Å². The molecule has 0 atom stereocenters. The Labute approximate surface area is 163 Å². The molecule has 0 saturated heterocycles. The Hall–Kier alpha value is -0.560. The molecule has 0 radical (unpaired) electrons. The molecule has 1 amide bonds. The van der Waals surface area contributed by atoms with Crippen LogP contribution in [0.1, 0.15) is 41.5 Å². The number of halogens is 2. The normalized spacial score (nSPS) is 10.1. The average molecular weight is 544 g/mol. The third-order valence-electron chi connectivity index (χ3n) is 3.05. The van der Waals surface area contributed by atoms with Gasteiger partial charge in [0.25, 0.3) is 5.91 Å². The van der Waals surface area contributed by atoms with Crippen molar-refractivity contribution in [1.29, 1.82) is 5.26 Å². The van der Waals surface area contributed by atoms with Gasteiger partial charge in [0.1, 0.15) is 11.3 Å². The van der Waals surface area contributed by atoms with Crippen LogP contribution >= 0.6 is 37.2 Å². The number of nitrogens with zero attached hydrogens (tertiary/aromatic N) is 2. The molecule has 0 N–H and O–H groups in total. The molecule has 23 heavy (non-hydrogen) atoms. The minimum Gasteiger partial charge on any atom is -0.478 e. The van der Waals surface area contributed by atoms with Gasteiger partial charge in [-0.3, -0.25) is 4.79 Å². The highest BCUT2D eigenvalue weighted by atomic mass is 128. The number of benzene rings is 1. The lowest BCUT2D eigenvalue weighted by molar-refractivity contribution is -0.147. The predicted octanol–water partition coefficient (Wildman–Crippen LogP) is 5.40. The van der Waals surface area contributed by atoms with Gasteiger partial charge in [-0.1, -0.05) is 32.0 Å². The molecule has 1 aromatic carbocycles. The summed E-state index contributed by atoms with van der Waals surface area (Å²) >= 11 is 4.24. The first-order chi connectivity index (χ1) is 10.7.